The van der Waals surface area contributed by atoms with E-state index in [-0.39, 0.29) is 24.4 Å². The molecule has 0 amide bonds. The standard InChI is InChI=1S/C13H15F3N2O/c1-2-5-18(9-13(14,15)16)12-4-3-10(8-19)6-11(12)7-17/h3-4,6,19H,2,5,8-9H2,1H3. The molecular weight excluding hydrogens is 257 g/mol. The SMILES string of the molecule is CCCN(CC(F)(F)F)c1ccc(CO)cc1C#N. The average Bonchev–Trinajstić information content (AvgIpc) is 2.36. The van der Waals surface area contributed by atoms with Gasteiger partial charge in [-0.25, -0.2) is 0 Å². The molecule has 0 spiro atoms. The first kappa shape index (κ1) is 15.3. The molecule has 1 rings (SSSR count). The van der Waals surface area contributed by atoms with Crippen LogP contribution in [-0.2, 0) is 6.61 Å². The lowest BCUT2D eigenvalue weighted by Gasteiger charge is -2.26. The van der Waals surface area contributed by atoms with Gasteiger partial charge in [0, 0.05) is 6.54 Å². The van der Waals surface area contributed by atoms with Gasteiger partial charge in [-0.1, -0.05) is 13.0 Å². The van der Waals surface area contributed by atoms with E-state index in [1.807, 2.05) is 6.07 Å². The van der Waals surface area contributed by atoms with Gasteiger partial charge < -0.3 is 10.0 Å². The van der Waals surface area contributed by atoms with Crippen molar-refractivity contribution in [3.05, 3.63) is 29.3 Å². The summed E-state index contributed by atoms with van der Waals surface area (Å²) in [6, 6.07) is 6.26. The summed E-state index contributed by atoms with van der Waals surface area (Å²) in [6.07, 6.45) is -3.78. The van der Waals surface area contributed by atoms with Crippen LogP contribution in [0.4, 0.5) is 18.9 Å². The Labute approximate surface area is 109 Å². The summed E-state index contributed by atoms with van der Waals surface area (Å²) in [5.74, 6) is 0. The number of nitrogens with zero attached hydrogens (tertiary/aromatic N) is 2. The lowest BCUT2D eigenvalue weighted by Crippen LogP contribution is -2.35. The Bertz CT molecular complexity index is 466. The summed E-state index contributed by atoms with van der Waals surface area (Å²) in [6.45, 7) is 0.653. The molecule has 0 radical (unpaired) electrons. The maximum Gasteiger partial charge on any atom is 0.405 e. The number of hydrogen-bond acceptors (Lipinski definition) is 3. The average molecular weight is 272 g/mol. The van der Waals surface area contributed by atoms with Crippen molar-refractivity contribution in [1.29, 1.82) is 5.26 Å². The fraction of sp³-hybridized carbons (Fsp3) is 0.462. The summed E-state index contributed by atoms with van der Waals surface area (Å²) >= 11 is 0. The van der Waals surface area contributed by atoms with Gasteiger partial charge >= 0.3 is 6.18 Å². The van der Waals surface area contributed by atoms with Gasteiger partial charge in [-0.05, 0) is 24.1 Å². The number of aliphatic hydroxyl groups is 1. The third kappa shape index (κ3) is 4.45. The Kier molecular flexibility index (Phi) is 5.19. The topological polar surface area (TPSA) is 47.3 Å². The van der Waals surface area contributed by atoms with E-state index in [2.05, 4.69) is 0 Å². The third-order valence-electron chi connectivity index (χ3n) is 2.57. The predicted octanol–water partition coefficient (Wildman–Crippen LogP) is 2.83. The minimum atomic E-state index is -4.32. The number of rotatable bonds is 5. The highest BCUT2D eigenvalue weighted by Crippen LogP contribution is 2.26. The molecule has 19 heavy (non-hydrogen) atoms. The molecule has 104 valence electrons. The number of benzene rings is 1. The van der Waals surface area contributed by atoms with Crippen LogP contribution in [0.15, 0.2) is 18.2 Å². The van der Waals surface area contributed by atoms with E-state index in [1.54, 1.807) is 6.92 Å². The van der Waals surface area contributed by atoms with Crippen LogP contribution in [0.3, 0.4) is 0 Å². The molecule has 0 aliphatic rings. The summed E-state index contributed by atoms with van der Waals surface area (Å²) in [7, 11) is 0. The molecule has 0 saturated heterocycles. The maximum atomic E-state index is 12.5. The van der Waals surface area contributed by atoms with Gasteiger partial charge in [0.1, 0.15) is 12.6 Å². The molecule has 1 aromatic rings. The fourth-order valence-corrected chi connectivity index (χ4v) is 1.82. The van der Waals surface area contributed by atoms with Crippen molar-refractivity contribution in [2.24, 2.45) is 0 Å². The minimum Gasteiger partial charge on any atom is -0.392 e. The molecule has 3 nitrogen and oxygen atoms in total. The lowest BCUT2D eigenvalue weighted by molar-refractivity contribution is -0.119. The van der Waals surface area contributed by atoms with E-state index in [0.717, 1.165) is 4.90 Å². The van der Waals surface area contributed by atoms with E-state index in [1.165, 1.54) is 18.2 Å². The van der Waals surface area contributed by atoms with Crippen molar-refractivity contribution in [3.63, 3.8) is 0 Å². The van der Waals surface area contributed by atoms with Crippen LogP contribution in [0, 0.1) is 11.3 Å². The minimum absolute atomic E-state index is 0.143. The molecule has 1 N–H and O–H groups in total. The molecule has 0 fully saturated rings. The van der Waals surface area contributed by atoms with Crippen molar-refractivity contribution in [2.75, 3.05) is 18.0 Å². The number of alkyl halides is 3. The first-order valence-corrected chi connectivity index (χ1v) is 5.87. The number of halogens is 3. The van der Waals surface area contributed by atoms with Gasteiger partial charge in [0.05, 0.1) is 17.9 Å². The fourth-order valence-electron chi connectivity index (χ4n) is 1.82. The summed E-state index contributed by atoms with van der Waals surface area (Å²) in [5, 5.41) is 18.0. The highest BCUT2D eigenvalue weighted by molar-refractivity contribution is 5.60. The van der Waals surface area contributed by atoms with E-state index < -0.39 is 12.7 Å². The molecule has 6 heteroatoms. The first-order chi connectivity index (χ1) is 8.91. The van der Waals surface area contributed by atoms with Crippen molar-refractivity contribution in [2.45, 2.75) is 26.1 Å². The van der Waals surface area contributed by atoms with Gasteiger partial charge in [0.25, 0.3) is 0 Å². The van der Waals surface area contributed by atoms with Crippen molar-refractivity contribution >= 4 is 5.69 Å². The molecular formula is C13H15F3N2O. The van der Waals surface area contributed by atoms with Crippen molar-refractivity contribution in [1.82, 2.24) is 0 Å². The molecule has 0 aromatic heterocycles. The molecule has 0 heterocycles. The molecule has 0 unspecified atom stereocenters. The van der Waals surface area contributed by atoms with Crippen LogP contribution >= 0.6 is 0 Å². The zero-order valence-corrected chi connectivity index (χ0v) is 10.5. The van der Waals surface area contributed by atoms with E-state index in [0.29, 0.717) is 12.0 Å². The summed E-state index contributed by atoms with van der Waals surface area (Å²) < 4.78 is 37.6. The van der Waals surface area contributed by atoms with Gasteiger partial charge in [-0.15, -0.1) is 0 Å². The van der Waals surface area contributed by atoms with Crippen molar-refractivity contribution in [3.8, 4) is 6.07 Å². The Morgan fingerprint density at radius 2 is 2.05 bits per heavy atom. The lowest BCUT2D eigenvalue weighted by atomic mass is 10.1. The first-order valence-electron chi connectivity index (χ1n) is 5.87. The molecule has 0 bridgehead atoms. The summed E-state index contributed by atoms with van der Waals surface area (Å²) in [5.41, 5.74) is 0.895. The van der Waals surface area contributed by atoms with Crippen LogP contribution in [-0.4, -0.2) is 24.4 Å². The van der Waals surface area contributed by atoms with Crippen LogP contribution in [0.1, 0.15) is 24.5 Å². The second-order valence-corrected chi connectivity index (χ2v) is 4.16. The van der Waals surface area contributed by atoms with Crippen LogP contribution < -0.4 is 4.90 Å². The highest BCUT2D eigenvalue weighted by atomic mass is 19.4. The smallest absolute Gasteiger partial charge is 0.392 e. The number of nitriles is 1. The van der Waals surface area contributed by atoms with Gasteiger partial charge in [-0.2, -0.15) is 18.4 Å². The van der Waals surface area contributed by atoms with Crippen LogP contribution in [0.25, 0.3) is 0 Å². The van der Waals surface area contributed by atoms with E-state index in [9.17, 15) is 13.2 Å². The Balaban J connectivity index is 3.12. The third-order valence-corrected chi connectivity index (χ3v) is 2.57. The maximum absolute atomic E-state index is 12.5. The van der Waals surface area contributed by atoms with Crippen molar-refractivity contribution < 1.29 is 18.3 Å². The van der Waals surface area contributed by atoms with Gasteiger partial charge in [0.2, 0.25) is 0 Å². The monoisotopic (exact) mass is 272 g/mol. The zero-order valence-electron chi connectivity index (χ0n) is 10.5. The Morgan fingerprint density at radius 3 is 2.53 bits per heavy atom. The largest absolute Gasteiger partial charge is 0.405 e. The van der Waals surface area contributed by atoms with E-state index in [4.69, 9.17) is 10.4 Å². The molecule has 0 aliphatic carbocycles. The van der Waals surface area contributed by atoms with Crippen LogP contribution in [0.2, 0.25) is 0 Å². The van der Waals surface area contributed by atoms with E-state index >= 15 is 0 Å². The Hall–Kier alpha value is -1.74. The molecule has 0 saturated carbocycles. The second kappa shape index (κ2) is 6.43. The van der Waals surface area contributed by atoms with Crippen LogP contribution in [0.5, 0.6) is 0 Å². The quantitative estimate of drug-likeness (QED) is 0.896. The highest BCUT2D eigenvalue weighted by Gasteiger charge is 2.31. The molecule has 0 atom stereocenters. The molecule has 1 aromatic carbocycles. The number of aliphatic hydroxyl groups excluding tert-OH is 1. The second-order valence-electron chi connectivity index (χ2n) is 4.16. The molecule has 0 aliphatic heterocycles. The zero-order chi connectivity index (χ0) is 14.5. The number of anilines is 1. The van der Waals surface area contributed by atoms with Gasteiger partial charge in [0.15, 0.2) is 0 Å². The normalized spacial score (nSPS) is 11.2. The predicted molar refractivity (Wildman–Crippen MR) is 65.6 cm³/mol. The van der Waals surface area contributed by atoms with Gasteiger partial charge in [-0.3, -0.25) is 0 Å². The number of hydrogen-bond donors (Lipinski definition) is 1. The summed E-state index contributed by atoms with van der Waals surface area (Å²) in [4.78, 5) is 1.14. The Morgan fingerprint density at radius 1 is 1.37 bits per heavy atom.